The fourth-order valence-corrected chi connectivity index (χ4v) is 3.19. The molecule has 1 amide bonds. The average Bonchev–Trinajstić information content (AvgIpc) is 2.71. The first-order valence-electron chi connectivity index (χ1n) is 9.76. The van der Waals surface area contributed by atoms with Gasteiger partial charge in [-0.2, -0.15) is 0 Å². The van der Waals surface area contributed by atoms with Crippen LogP contribution in [0.2, 0.25) is 0 Å². The Kier molecular flexibility index (Phi) is 6.15. The van der Waals surface area contributed by atoms with Crippen molar-refractivity contribution in [3.63, 3.8) is 0 Å². The van der Waals surface area contributed by atoms with Crippen molar-refractivity contribution < 1.29 is 19.0 Å². The highest BCUT2D eigenvalue weighted by Gasteiger charge is 2.19. The molecule has 0 N–H and O–H groups in total. The van der Waals surface area contributed by atoms with Crippen molar-refractivity contribution in [3.8, 4) is 22.6 Å². The topological polar surface area (TPSA) is 60.9 Å². The third kappa shape index (κ3) is 4.82. The third-order valence-corrected chi connectivity index (χ3v) is 4.64. The number of fused-ring (bicyclic) bond motifs is 1. The Morgan fingerprint density at radius 1 is 1.00 bits per heavy atom. The van der Waals surface area contributed by atoms with Crippen LogP contribution in [-0.4, -0.2) is 42.8 Å². The molecule has 0 unspecified atom stereocenters. The Hall–Kier alpha value is -3.28. The maximum Gasteiger partial charge on any atom is 0.410 e. The maximum absolute atomic E-state index is 12.2. The number of carbonyl (C=O) groups excluding carboxylic acids is 1. The SMILES string of the molecule is COc1cc2nccc(-c3ccc(CN(C)C(=O)OC(C)(C)C)cc3)c2cc1OC. The zero-order valence-electron chi connectivity index (χ0n) is 18.4. The fraction of sp³-hybridized carbons (Fsp3) is 0.333. The van der Waals surface area contributed by atoms with E-state index in [1.54, 1.807) is 32.4 Å². The summed E-state index contributed by atoms with van der Waals surface area (Å²) in [4.78, 5) is 18.2. The molecule has 1 heterocycles. The first kappa shape index (κ1) is 21.4. The van der Waals surface area contributed by atoms with Crippen LogP contribution in [0.5, 0.6) is 11.5 Å². The Balaban J connectivity index is 1.86. The molecular weight excluding hydrogens is 380 g/mol. The number of ether oxygens (including phenoxy) is 3. The number of pyridine rings is 1. The third-order valence-electron chi connectivity index (χ3n) is 4.64. The molecule has 0 aliphatic rings. The summed E-state index contributed by atoms with van der Waals surface area (Å²) in [5, 5.41) is 0.980. The first-order chi connectivity index (χ1) is 14.2. The van der Waals surface area contributed by atoms with E-state index in [0.29, 0.717) is 18.0 Å². The van der Waals surface area contributed by atoms with Gasteiger partial charge in [0, 0.05) is 31.2 Å². The number of hydrogen-bond donors (Lipinski definition) is 0. The standard InChI is InChI=1S/C24H28N2O4/c1-24(2,3)30-23(27)26(4)15-16-7-9-17(10-8-16)18-11-12-25-20-14-22(29-6)21(28-5)13-19(18)20/h7-14H,15H2,1-6H3. The van der Waals surface area contributed by atoms with Crippen LogP contribution in [0.15, 0.2) is 48.7 Å². The van der Waals surface area contributed by atoms with Gasteiger partial charge in [0.1, 0.15) is 5.60 Å². The Bertz CT molecular complexity index is 1040. The normalized spacial score (nSPS) is 11.3. The van der Waals surface area contributed by atoms with Crippen molar-refractivity contribution >= 4 is 17.0 Å². The van der Waals surface area contributed by atoms with Crippen LogP contribution in [0.3, 0.4) is 0 Å². The van der Waals surface area contributed by atoms with Gasteiger partial charge in [-0.25, -0.2) is 4.79 Å². The minimum Gasteiger partial charge on any atom is -0.493 e. The second kappa shape index (κ2) is 8.61. The molecule has 6 heteroatoms. The van der Waals surface area contributed by atoms with Gasteiger partial charge >= 0.3 is 6.09 Å². The number of amides is 1. The van der Waals surface area contributed by atoms with Crippen molar-refractivity contribution in [1.82, 2.24) is 9.88 Å². The van der Waals surface area contributed by atoms with Crippen LogP contribution in [0.25, 0.3) is 22.0 Å². The zero-order valence-corrected chi connectivity index (χ0v) is 18.4. The van der Waals surface area contributed by atoms with E-state index in [9.17, 15) is 4.79 Å². The monoisotopic (exact) mass is 408 g/mol. The van der Waals surface area contributed by atoms with E-state index in [-0.39, 0.29) is 6.09 Å². The summed E-state index contributed by atoms with van der Waals surface area (Å²) in [6.07, 6.45) is 1.45. The molecule has 3 rings (SSSR count). The molecule has 0 atom stereocenters. The van der Waals surface area contributed by atoms with Crippen LogP contribution >= 0.6 is 0 Å². The van der Waals surface area contributed by atoms with E-state index in [1.807, 2.05) is 63.2 Å². The molecule has 0 saturated carbocycles. The first-order valence-corrected chi connectivity index (χ1v) is 9.76. The number of benzene rings is 2. The lowest BCUT2D eigenvalue weighted by atomic mass is 9.99. The minimum atomic E-state index is -0.513. The molecule has 2 aromatic carbocycles. The van der Waals surface area contributed by atoms with Gasteiger partial charge in [-0.3, -0.25) is 4.98 Å². The molecule has 1 aromatic heterocycles. The van der Waals surface area contributed by atoms with E-state index in [1.165, 1.54) is 0 Å². The number of methoxy groups -OCH3 is 2. The van der Waals surface area contributed by atoms with Crippen molar-refractivity contribution in [2.75, 3.05) is 21.3 Å². The molecule has 0 saturated heterocycles. The molecule has 158 valence electrons. The molecule has 0 aliphatic heterocycles. The van der Waals surface area contributed by atoms with Crippen LogP contribution in [0.4, 0.5) is 4.79 Å². The molecular formula is C24H28N2O4. The summed E-state index contributed by atoms with van der Waals surface area (Å²) in [6.45, 7) is 6.04. The summed E-state index contributed by atoms with van der Waals surface area (Å²) < 4.78 is 16.2. The van der Waals surface area contributed by atoms with Crippen LogP contribution in [-0.2, 0) is 11.3 Å². The lowest BCUT2D eigenvalue weighted by molar-refractivity contribution is 0.0285. The Morgan fingerprint density at radius 3 is 2.23 bits per heavy atom. The molecule has 30 heavy (non-hydrogen) atoms. The minimum absolute atomic E-state index is 0.340. The summed E-state index contributed by atoms with van der Waals surface area (Å²) in [6, 6.07) is 13.9. The van der Waals surface area contributed by atoms with Gasteiger partial charge in [0.2, 0.25) is 0 Å². The highest BCUT2D eigenvalue weighted by molar-refractivity contribution is 5.96. The number of carbonyl (C=O) groups is 1. The lowest BCUT2D eigenvalue weighted by Gasteiger charge is -2.24. The van der Waals surface area contributed by atoms with Crippen LogP contribution in [0.1, 0.15) is 26.3 Å². The van der Waals surface area contributed by atoms with Gasteiger partial charge in [-0.05, 0) is 49.6 Å². The van der Waals surface area contributed by atoms with Gasteiger partial charge in [-0.15, -0.1) is 0 Å². The number of aromatic nitrogens is 1. The van der Waals surface area contributed by atoms with E-state index >= 15 is 0 Å². The predicted octanol–water partition coefficient (Wildman–Crippen LogP) is 5.29. The molecule has 0 radical (unpaired) electrons. The van der Waals surface area contributed by atoms with Gasteiger partial charge < -0.3 is 19.1 Å². The maximum atomic E-state index is 12.2. The largest absolute Gasteiger partial charge is 0.493 e. The summed E-state index contributed by atoms with van der Waals surface area (Å²) in [5.41, 5.74) is 3.44. The molecule has 3 aromatic rings. The summed E-state index contributed by atoms with van der Waals surface area (Å²) in [5.74, 6) is 1.31. The van der Waals surface area contributed by atoms with E-state index < -0.39 is 5.60 Å². The van der Waals surface area contributed by atoms with Crippen molar-refractivity contribution in [3.05, 3.63) is 54.2 Å². The van der Waals surface area contributed by atoms with E-state index in [4.69, 9.17) is 14.2 Å². The van der Waals surface area contributed by atoms with Gasteiger partial charge in [0.05, 0.1) is 19.7 Å². The van der Waals surface area contributed by atoms with Gasteiger partial charge in [0.15, 0.2) is 11.5 Å². The summed E-state index contributed by atoms with van der Waals surface area (Å²) in [7, 11) is 4.97. The second-order valence-electron chi connectivity index (χ2n) is 8.12. The smallest absolute Gasteiger partial charge is 0.410 e. The number of nitrogens with zero attached hydrogens (tertiary/aromatic N) is 2. The van der Waals surface area contributed by atoms with Crippen LogP contribution < -0.4 is 9.47 Å². The van der Waals surface area contributed by atoms with E-state index in [0.717, 1.165) is 27.6 Å². The molecule has 0 aliphatic carbocycles. The van der Waals surface area contributed by atoms with Crippen molar-refractivity contribution in [2.24, 2.45) is 0 Å². The summed E-state index contributed by atoms with van der Waals surface area (Å²) >= 11 is 0. The lowest BCUT2D eigenvalue weighted by Crippen LogP contribution is -2.33. The molecule has 0 spiro atoms. The molecule has 0 fully saturated rings. The molecule has 6 nitrogen and oxygen atoms in total. The fourth-order valence-electron chi connectivity index (χ4n) is 3.19. The van der Waals surface area contributed by atoms with Crippen molar-refractivity contribution in [1.29, 1.82) is 0 Å². The zero-order chi connectivity index (χ0) is 21.9. The number of rotatable bonds is 5. The van der Waals surface area contributed by atoms with Gasteiger partial charge in [0.25, 0.3) is 0 Å². The highest BCUT2D eigenvalue weighted by Crippen LogP contribution is 2.36. The number of hydrogen-bond acceptors (Lipinski definition) is 5. The predicted molar refractivity (Wildman–Crippen MR) is 118 cm³/mol. The molecule has 0 bridgehead atoms. The van der Waals surface area contributed by atoms with E-state index in [2.05, 4.69) is 4.98 Å². The van der Waals surface area contributed by atoms with Crippen molar-refractivity contribution in [2.45, 2.75) is 32.9 Å². The average molecular weight is 408 g/mol. The quantitative estimate of drug-likeness (QED) is 0.574. The highest BCUT2D eigenvalue weighted by atomic mass is 16.6. The van der Waals surface area contributed by atoms with Crippen LogP contribution in [0, 0.1) is 0 Å². The second-order valence-corrected chi connectivity index (χ2v) is 8.12. The van der Waals surface area contributed by atoms with Gasteiger partial charge in [-0.1, -0.05) is 24.3 Å². The Morgan fingerprint density at radius 2 is 1.63 bits per heavy atom. The Labute approximate surface area is 177 Å².